The van der Waals surface area contributed by atoms with Crippen molar-refractivity contribution in [1.29, 1.82) is 0 Å². The van der Waals surface area contributed by atoms with Gasteiger partial charge >= 0.3 is 11.9 Å². The van der Waals surface area contributed by atoms with Crippen molar-refractivity contribution in [3.8, 4) is 0 Å². The van der Waals surface area contributed by atoms with Gasteiger partial charge in [-0.15, -0.1) is 0 Å². The summed E-state index contributed by atoms with van der Waals surface area (Å²) in [5, 5.41) is 2.32. The lowest BCUT2D eigenvalue weighted by Crippen LogP contribution is -2.23. The van der Waals surface area contributed by atoms with Crippen molar-refractivity contribution in [2.45, 2.75) is 27.3 Å². The normalized spacial score (nSPS) is 10.5. The van der Waals surface area contributed by atoms with E-state index in [0.717, 1.165) is 6.07 Å². The second-order valence-electron chi connectivity index (χ2n) is 5.93. The number of carbonyl (C=O) groups is 3. The number of esters is 2. The Labute approximate surface area is 166 Å². The Morgan fingerprint density at radius 2 is 1.89 bits per heavy atom. The van der Waals surface area contributed by atoms with Crippen LogP contribution in [0.5, 0.6) is 0 Å². The summed E-state index contributed by atoms with van der Waals surface area (Å²) >= 11 is 5.64. The van der Waals surface area contributed by atoms with Crippen molar-refractivity contribution < 1.29 is 28.2 Å². The van der Waals surface area contributed by atoms with Crippen LogP contribution in [0, 0.1) is 19.7 Å². The summed E-state index contributed by atoms with van der Waals surface area (Å²) in [5.74, 6) is -2.31. The molecular formula is C19H20ClFN2O5. The maximum Gasteiger partial charge on any atom is 0.339 e. The van der Waals surface area contributed by atoms with Crippen LogP contribution in [-0.4, -0.2) is 35.6 Å². The number of anilines is 1. The summed E-state index contributed by atoms with van der Waals surface area (Å²) in [5.41, 5.74) is 1.91. The molecule has 1 amide bonds. The predicted octanol–water partition coefficient (Wildman–Crippen LogP) is 3.26. The van der Waals surface area contributed by atoms with Gasteiger partial charge in [-0.25, -0.2) is 9.18 Å². The molecule has 2 aromatic rings. The van der Waals surface area contributed by atoms with Crippen molar-refractivity contribution in [3.63, 3.8) is 0 Å². The molecule has 1 aromatic heterocycles. The monoisotopic (exact) mass is 410 g/mol. The minimum absolute atomic E-state index is 0.134. The molecule has 0 fully saturated rings. The third-order valence-electron chi connectivity index (χ3n) is 3.92. The maximum absolute atomic E-state index is 13.1. The molecule has 9 heteroatoms. The lowest BCUT2D eigenvalue weighted by Gasteiger charge is -2.10. The Balaban J connectivity index is 1.92. The van der Waals surface area contributed by atoms with E-state index in [9.17, 15) is 18.8 Å². The SMILES string of the molecule is CCOC(=O)c1cc(C)n(CC(=O)OCC(=O)Nc2ccc(F)c(Cl)c2)c1C. The molecule has 1 heterocycles. The third-order valence-corrected chi connectivity index (χ3v) is 4.21. The molecule has 0 atom stereocenters. The zero-order valence-corrected chi connectivity index (χ0v) is 16.4. The number of nitrogens with one attached hydrogen (secondary N) is 1. The molecule has 0 aliphatic heterocycles. The number of amides is 1. The van der Waals surface area contributed by atoms with Crippen LogP contribution in [0.25, 0.3) is 0 Å². The van der Waals surface area contributed by atoms with Gasteiger partial charge in [0.25, 0.3) is 5.91 Å². The Morgan fingerprint density at radius 3 is 2.54 bits per heavy atom. The molecule has 150 valence electrons. The van der Waals surface area contributed by atoms with E-state index in [4.69, 9.17) is 21.1 Å². The lowest BCUT2D eigenvalue weighted by atomic mass is 10.2. The van der Waals surface area contributed by atoms with Crippen LogP contribution in [0.3, 0.4) is 0 Å². The first-order valence-corrected chi connectivity index (χ1v) is 8.85. The molecule has 0 bridgehead atoms. The largest absolute Gasteiger partial charge is 0.462 e. The fourth-order valence-electron chi connectivity index (χ4n) is 2.55. The second-order valence-corrected chi connectivity index (χ2v) is 6.34. The van der Waals surface area contributed by atoms with Crippen LogP contribution >= 0.6 is 11.6 Å². The van der Waals surface area contributed by atoms with Gasteiger partial charge in [-0.1, -0.05) is 11.6 Å². The summed E-state index contributed by atoms with van der Waals surface area (Å²) in [6.45, 7) is 4.72. The summed E-state index contributed by atoms with van der Waals surface area (Å²) in [4.78, 5) is 35.9. The van der Waals surface area contributed by atoms with Gasteiger partial charge in [-0.2, -0.15) is 0 Å². The van der Waals surface area contributed by atoms with E-state index in [1.165, 1.54) is 12.1 Å². The van der Waals surface area contributed by atoms with Gasteiger partial charge in [-0.3, -0.25) is 9.59 Å². The molecule has 7 nitrogen and oxygen atoms in total. The quantitative estimate of drug-likeness (QED) is 0.708. The smallest absolute Gasteiger partial charge is 0.339 e. The molecule has 0 saturated carbocycles. The van der Waals surface area contributed by atoms with E-state index in [1.54, 1.807) is 31.4 Å². The number of carbonyl (C=O) groups excluding carboxylic acids is 3. The molecule has 0 aliphatic rings. The van der Waals surface area contributed by atoms with Crippen LogP contribution in [0.2, 0.25) is 5.02 Å². The summed E-state index contributed by atoms with van der Waals surface area (Å²) < 4.78 is 24.7. The highest BCUT2D eigenvalue weighted by molar-refractivity contribution is 6.31. The zero-order valence-electron chi connectivity index (χ0n) is 15.7. The van der Waals surface area contributed by atoms with Crippen molar-refractivity contribution in [3.05, 3.63) is 52.1 Å². The number of aromatic nitrogens is 1. The number of nitrogens with zero attached hydrogens (tertiary/aromatic N) is 1. The Morgan fingerprint density at radius 1 is 1.18 bits per heavy atom. The van der Waals surface area contributed by atoms with Crippen molar-refractivity contribution >= 4 is 35.1 Å². The fraction of sp³-hybridized carbons (Fsp3) is 0.316. The van der Waals surface area contributed by atoms with Gasteiger partial charge in [0.2, 0.25) is 0 Å². The molecule has 1 N–H and O–H groups in total. The average Bonchev–Trinajstić information content (AvgIpc) is 2.91. The number of rotatable bonds is 7. The highest BCUT2D eigenvalue weighted by Crippen LogP contribution is 2.19. The van der Waals surface area contributed by atoms with Gasteiger partial charge in [-0.05, 0) is 45.0 Å². The second kappa shape index (κ2) is 9.36. The number of ether oxygens (including phenoxy) is 2. The van der Waals surface area contributed by atoms with E-state index in [0.29, 0.717) is 17.0 Å². The van der Waals surface area contributed by atoms with Crippen LogP contribution in [0.1, 0.15) is 28.7 Å². The summed E-state index contributed by atoms with van der Waals surface area (Å²) in [7, 11) is 0. The fourth-order valence-corrected chi connectivity index (χ4v) is 2.73. The van der Waals surface area contributed by atoms with Gasteiger partial charge in [0, 0.05) is 17.1 Å². The van der Waals surface area contributed by atoms with E-state index in [-0.39, 0.29) is 23.9 Å². The molecule has 0 saturated heterocycles. The van der Waals surface area contributed by atoms with Crippen molar-refractivity contribution in [2.24, 2.45) is 0 Å². The van der Waals surface area contributed by atoms with Crippen molar-refractivity contribution in [2.75, 3.05) is 18.5 Å². The molecule has 0 spiro atoms. The lowest BCUT2D eigenvalue weighted by molar-refractivity contribution is -0.147. The summed E-state index contributed by atoms with van der Waals surface area (Å²) in [6.07, 6.45) is 0. The number of benzene rings is 1. The van der Waals surface area contributed by atoms with Gasteiger partial charge in [0.15, 0.2) is 6.61 Å². The van der Waals surface area contributed by atoms with Gasteiger partial charge in [0.05, 0.1) is 17.2 Å². The topological polar surface area (TPSA) is 86.6 Å². The number of hydrogen-bond donors (Lipinski definition) is 1. The maximum atomic E-state index is 13.1. The van der Waals surface area contributed by atoms with Crippen LogP contribution in [0.15, 0.2) is 24.3 Å². The number of halogens is 2. The Hall–Kier alpha value is -2.87. The molecular weight excluding hydrogens is 391 g/mol. The number of aryl methyl sites for hydroxylation is 1. The first kappa shape index (κ1) is 21.4. The zero-order chi connectivity index (χ0) is 20.8. The molecule has 0 unspecified atom stereocenters. The van der Waals surface area contributed by atoms with E-state index >= 15 is 0 Å². The molecule has 28 heavy (non-hydrogen) atoms. The van der Waals surface area contributed by atoms with E-state index in [2.05, 4.69) is 5.32 Å². The highest BCUT2D eigenvalue weighted by Gasteiger charge is 2.19. The van der Waals surface area contributed by atoms with Crippen molar-refractivity contribution in [1.82, 2.24) is 4.57 Å². The Kier molecular flexibility index (Phi) is 7.17. The Bertz CT molecular complexity index is 910. The van der Waals surface area contributed by atoms with E-state index in [1.807, 2.05) is 0 Å². The third kappa shape index (κ3) is 5.32. The number of hydrogen-bond acceptors (Lipinski definition) is 5. The first-order chi connectivity index (χ1) is 13.2. The molecule has 0 radical (unpaired) electrons. The van der Waals surface area contributed by atoms with Crippen LogP contribution in [-0.2, 0) is 25.6 Å². The highest BCUT2D eigenvalue weighted by atomic mass is 35.5. The van der Waals surface area contributed by atoms with Crippen LogP contribution < -0.4 is 5.32 Å². The standard InChI is InChI=1S/C19H20ClFN2O5/c1-4-27-19(26)14-7-11(2)23(12(14)3)9-18(25)28-10-17(24)22-13-5-6-16(21)15(20)8-13/h5-8H,4,9-10H2,1-3H3,(H,22,24). The molecule has 2 rings (SSSR count). The molecule has 0 aliphatic carbocycles. The first-order valence-electron chi connectivity index (χ1n) is 8.47. The minimum atomic E-state index is -0.649. The van der Waals surface area contributed by atoms with Gasteiger partial charge in [0.1, 0.15) is 12.4 Å². The molecule has 1 aromatic carbocycles. The van der Waals surface area contributed by atoms with E-state index < -0.39 is 30.3 Å². The van der Waals surface area contributed by atoms with Gasteiger partial charge < -0.3 is 19.4 Å². The minimum Gasteiger partial charge on any atom is -0.462 e. The predicted molar refractivity (Wildman–Crippen MR) is 101 cm³/mol. The van der Waals surface area contributed by atoms with Crippen LogP contribution in [0.4, 0.5) is 10.1 Å². The summed E-state index contributed by atoms with van der Waals surface area (Å²) in [6, 6.07) is 5.33. The average molecular weight is 411 g/mol.